The fourth-order valence-corrected chi connectivity index (χ4v) is 4.44. The summed E-state index contributed by atoms with van der Waals surface area (Å²) in [6.07, 6.45) is 2.04. The number of Topliss-reactive ketones (excluding diaryl/α,β-unsaturated/α-hetero) is 2. The van der Waals surface area contributed by atoms with E-state index in [4.69, 9.17) is 16.3 Å². The molecule has 0 aliphatic heterocycles. The van der Waals surface area contributed by atoms with Gasteiger partial charge in [-0.3, -0.25) is 9.59 Å². The first kappa shape index (κ1) is 21.4. The first-order chi connectivity index (χ1) is 13.7. The third kappa shape index (κ3) is 4.82. The molecule has 152 valence electrons. The number of carbonyl (C=O) groups excluding carboxylic acids is 3. The lowest BCUT2D eigenvalue weighted by Gasteiger charge is -2.30. The van der Waals surface area contributed by atoms with Crippen LogP contribution in [0.4, 0.5) is 5.00 Å². The average molecular weight is 432 g/mol. The van der Waals surface area contributed by atoms with E-state index in [0.29, 0.717) is 34.0 Å². The summed E-state index contributed by atoms with van der Waals surface area (Å²) in [6, 6.07) is 7.12. The van der Waals surface area contributed by atoms with Gasteiger partial charge in [0.1, 0.15) is 28.0 Å². The number of ether oxygens (including phenoxy) is 1. The molecule has 1 saturated carbocycles. The fraction of sp³-hybridized carbons (Fsp3) is 0.364. The van der Waals surface area contributed by atoms with Crippen molar-refractivity contribution in [2.45, 2.75) is 33.6 Å². The van der Waals surface area contributed by atoms with Crippen LogP contribution in [0.3, 0.4) is 0 Å². The Morgan fingerprint density at radius 2 is 1.86 bits per heavy atom. The molecule has 3 rings (SSSR count). The minimum Gasteiger partial charge on any atom is -0.462 e. The molecule has 5 nitrogen and oxygen atoms in total. The van der Waals surface area contributed by atoms with Gasteiger partial charge >= 0.3 is 5.97 Å². The van der Waals surface area contributed by atoms with Crippen molar-refractivity contribution in [1.29, 1.82) is 0 Å². The number of ketones is 2. The molecule has 29 heavy (non-hydrogen) atoms. The molecule has 0 bridgehead atoms. The lowest BCUT2D eigenvalue weighted by atomic mass is 9.72. The summed E-state index contributed by atoms with van der Waals surface area (Å²) >= 11 is 7.23. The summed E-state index contributed by atoms with van der Waals surface area (Å²) in [5.41, 5.74) is 1.49. The highest BCUT2D eigenvalue weighted by atomic mass is 35.5. The second-order valence-corrected chi connectivity index (χ2v) is 9.06. The van der Waals surface area contributed by atoms with Gasteiger partial charge < -0.3 is 4.74 Å². The smallest absolute Gasteiger partial charge is 0.341 e. The van der Waals surface area contributed by atoms with Crippen LogP contribution in [-0.2, 0) is 14.3 Å². The van der Waals surface area contributed by atoms with E-state index < -0.39 is 11.9 Å². The summed E-state index contributed by atoms with van der Waals surface area (Å²) in [5, 5.41) is 2.83. The van der Waals surface area contributed by atoms with E-state index in [1.165, 1.54) is 17.6 Å². The van der Waals surface area contributed by atoms with Crippen LogP contribution in [0.15, 0.2) is 34.6 Å². The zero-order valence-electron chi connectivity index (χ0n) is 16.5. The number of esters is 1. The molecule has 1 heterocycles. The number of aliphatic imine (C=N–C) groups is 1. The number of nitrogens with zero attached hydrogens (tertiary/aromatic N) is 1. The summed E-state index contributed by atoms with van der Waals surface area (Å²) in [4.78, 5) is 41.8. The molecule has 0 spiro atoms. The first-order valence-electron chi connectivity index (χ1n) is 9.36. The maximum atomic E-state index is 12.6. The van der Waals surface area contributed by atoms with E-state index in [-0.39, 0.29) is 23.6 Å². The van der Waals surface area contributed by atoms with Gasteiger partial charge in [0.25, 0.3) is 0 Å². The largest absolute Gasteiger partial charge is 0.462 e. The molecule has 1 fully saturated rings. The zero-order valence-corrected chi connectivity index (χ0v) is 18.1. The third-order valence-corrected chi connectivity index (χ3v) is 5.88. The van der Waals surface area contributed by atoms with Crippen LogP contribution in [-0.4, -0.2) is 30.4 Å². The third-order valence-electron chi connectivity index (χ3n) is 4.75. The lowest BCUT2D eigenvalue weighted by molar-refractivity contribution is -0.136. The van der Waals surface area contributed by atoms with Gasteiger partial charge in [-0.05, 0) is 30.0 Å². The molecular formula is C22H22ClNO4S. The Morgan fingerprint density at radius 3 is 2.45 bits per heavy atom. The predicted molar refractivity (Wildman–Crippen MR) is 115 cm³/mol. The molecule has 0 radical (unpaired) electrons. The molecule has 1 aliphatic carbocycles. The molecule has 0 saturated heterocycles. The summed E-state index contributed by atoms with van der Waals surface area (Å²) in [5.74, 6) is -1.63. The number of halogens is 1. The highest BCUT2D eigenvalue weighted by Gasteiger charge is 2.38. The van der Waals surface area contributed by atoms with Gasteiger partial charge in [0, 0.05) is 35.0 Å². The first-order valence-corrected chi connectivity index (χ1v) is 10.6. The van der Waals surface area contributed by atoms with Crippen LogP contribution in [0.2, 0.25) is 5.02 Å². The monoisotopic (exact) mass is 431 g/mol. The Hall–Kier alpha value is -2.31. The minimum absolute atomic E-state index is 0.137. The number of thiophene rings is 1. The molecule has 0 N–H and O–H groups in total. The topological polar surface area (TPSA) is 72.8 Å². The van der Waals surface area contributed by atoms with Crippen LogP contribution >= 0.6 is 22.9 Å². The number of hydrogen-bond donors (Lipinski definition) is 0. The Balaban J connectivity index is 1.96. The van der Waals surface area contributed by atoms with Gasteiger partial charge in [0.15, 0.2) is 0 Å². The molecule has 1 aliphatic rings. The maximum Gasteiger partial charge on any atom is 0.341 e. The van der Waals surface area contributed by atoms with Gasteiger partial charge in [-0.15, -0.1) is 11.3 Å². The molecule has 0 atom stereocenters. The molecule has 0 unspecified atom stereocenters. The number of hydrogen-bond acceptors (Lipinski definition) is 6. The summed E-state index contributed by atoms with van der Waals surface area (Å²) in [6.45, 7) is 5.78. The van der Waals surface area contributed by atoms with Crippen molar-refractivity contribution in [2.24, 2.45) is 16.3 Å². The second kappa shape index (κ2) is 8.59. The van der Waals surface area contributed by atoms with E-state index in [1.807, 2.05) is 31.4 Å². The van der Waals surface area contributed by atoms with Crippen molar-refractivity contribution in [3.05, 3.63) is 40.2 Å². The number of rotatable bonds is 5. The van der Waals surface area contributed by atoms with Crippen LogP contribution in [0.5, 0.6) is 0 Å². The Morgan fingerprint density at radius 1 is 1.24 bits per heavy atom. The average Bonchev–Trinajstić information content (AvgIpc) is 3.05. The molecule has 7 heteroatoms. The fourth-order valence-electron chi connectivity index (χ4n) is 3.40. The van der Waals surface area contributed by atoms with Crippen LogP contribution in [0.1, 0.15) is 44.0 Å². The molecule has 2 aromatic rings. The Labute approximate surface area is 178 Å². The van der Waals surface area contributed by atoms with Gasteiger partial charge in [0.2, 0.25) is 0 Å². The zero-order chi connectivity index (χ0) is 21.2. The van der Waals surface area contributed by atoms with E-state index in [9.17, 15) is 14.4 Å². The Kier molecular flexibility index (Phi) is 6.34. The van der Waals surface area contributed by atoms with E-state index in [2.05, 4.69) is 4.99 Å². The number of carbonyl (C=O) groups is 3. The molecule has 1 aromatic carbocycles. The molecule has 0 amide bonds. The van der Waals surface area contributed by atoms with Gasteiger partial charge in [-0.1, -0.05) is 37.6 Å². The van der Waals surface area contributed by atoms with Crippen molar-refractivity contribution < 1.29 is 19.1 Å². The molecular weight excluding hydrogens is 410 g/mol. The van der Waals surface area contributed by atoms with Crippen molar-refractivity contribution >= 4 is 51.7 Å². The molecule has 1 aromatic heterocycles. The lowest BCUT2D eigenvalue weighted by Crippen LogP contribution is -2.38. The van der Waals surface area contributed by atoms with E-state index in [1.54, 1.807) is 19.1 Å². The van der Waals surface area contributed by atoms with Crippen molar-refractivity contribution in [3.63, 3.8) is 0 Å². The summed E-state index contributed by atoms with van der Waals surface area (Å²) < 4.78 is 5.21. The van der Waals surface area contributed by atoms with E-state index >= 15 is 0 Å². The highest BCUT2D eigenvalue weighted by Crippen LogP contribution is 2.39. The van der Waals surface area contributed by atoms with Gasteiger partial charge in [-0.25, -0.2) is 9.79 Å². The SMILES string of the molecule is CCOC(=O)c1c(-c2ccc(Cl)cc2)csc1N=CC1C(=O)CC(C)(C)CC1=O. The predicted octanol–water partition coefficient (Wildman–Crippen LogP) is 5.52. The standard InChI is InChI=1S/C22H22ClNO4S/c1-4-28-21(27)19-16(13-5-7-14(23)8-6-13)12-29-20(19)24-11-15-17(25)9-22(2,3)10-18(15)26/h5-8,11-12,15H,4,9-10H2,1-3H3. The highest BCUT2D eigenvalue weighted by molar-refractivity contribution is 7.14. The van der Waals surface area contributed by atoms with Crippen LogP contribution in [0, 0.1) is 11.3 Å². The van der Waals surface area contributed by atoms with Gasteiger partial charge in [-0.2, -0.15) is 0 Å². The van der Waals surface area contributed by atoms with Crippen LogP contribution < -0.4 is 0 Å². The van der Waals surface area contributed by atoms with Crippen molar-refractivity contribution in [3.8, 4) is 11.1 Å². The van der Waals surface area contributed by atoms with Crippen LogP contribution in [0.25, 0.3) is 11.1 Å². The van der Waals surface area contributed by atoms with Crippen molar-refractivity contribution in [1.82, 2.24) is 0 Å². The van der Waals surface area contributed by atoms with Crippen molar-refractivity contribution in [2.75, 3.05) is 6.61 Å². The second-order valence-electron chi connectivity index (χ2n) is 7.76. The maximum absolute atomic E-state index is 12.6. The van der Waals surface area contributed by atoms with E-state index in [0.717, 1.165) is 5.56 Å². The quantitative estimate of drug-likeness (QED) is 0.355. The number of benzene rings is 1. The minimum atomic E-state index is -0.862. The Bertz CT molecular complexity index is 955. The van der Waals surface area contributed by atoms with Gasteiger partial charge in [0.05, 0.1) is 6.61 Å². The summed E-state index contributed by atoms with van der Waals surface area (Å²) in [7, 11) is 0. The normalized spacial score (nSPS) is 17.1.